The van der Waals surface area contributed by atoms with Crippen molar-refractivity contribution in [3.63, 3.8) is 0 Å². The second-order valence-corrected chi connectivity index (χ2v) is 12.2. The Morgan fingerprint density at radius 1 is 0.818 bits per heavy atom. The molecule has 15 heteroatoms. The fourth-order valence-corrected chi connectivity index (χ4v) is 3.35. The number of alkyl halides is 1. The molecule has 44 heavy (non-hydrogen) atoms. The average molecular weight is 728 g/mol. The van der Waals surface area contributed by atoms with Crippen LogP contribution in [0.1, 0.15) is 62.3 Å². The van der Waals surface area contributed by atoms with Crippen LogP contribution < -0.4 is 45.4 Å². The van der Waals surface area contributed by atoms with E-state index in [2.05, 4.69) is 44.1 Å². The second-order valence-electron chi connectivity index (χ2n) is 9.91. The number of hydrogen-bond acceptors (Lipinski definition) is 10. The molecule has 2 aromatic carbocycles. The number of nitrogens with one attached hydrogen (secondary N) is 2. The van der Waals surface area contributed by atoms with Crippen molar-refractivity contribution in [2.45, 2.75) is 52.7 Å². The number of halogens is 1. The Bertz CT molecular complexity index is 1090. The topological polar surface area (TPSA) is 160 Å². The van der Waals surface area contributed by atoms with Crippen LogP contribution in [-0.4, -0.2) is 64.3 Å². The van der Waals surface area contributed by atoms with Crippen molar-refractivity contribution < 1.29 is 73.1 Å². The van der Waals surface area contributed by atoms with Gasteiger partial charge in [-0.3, -0.25) is 14.4 Å². The molecule has 2 aromatic rings. The monoisotopic (exact) mass is 726 g/mol. The molecule has 0 aromatic heterocycles. The summed E-state index contributed by atoms with van der Waals surface area (Å²) in [4.78, 5) is 55.7. The van der Waals surface area contributed by atoms with Crippen molar-refractivity contribution in [3.05, 3.63) is 71.8 Å². The molecule has 0 fully saturated rings. The zero-order chi connectivity index (χ0) is 33.3. The van der Waals surface area contributed by atoms with E-state index in [-0.39, 0.29) is 52.4 Å². The molecule has 0 aliphatic rings. The Labute approximate surface area is 299 Å². The molecule has 0 unspecified atom stereocenters. The molecule has 0 spiro atoms. The molecular formula is C29H40BrN2NaO9S2. The van der Waals surface area contributed by atoms with Gasteiger partial charge < -0.3 is 30.3 Å². The van der Waals surface area contributed by atoms with Crippen molar-refractivity contribution in [1.82, 2.24) is 10.6 Å². The summed E-state index contributed by atoms with van der Waals surface area (Å²) in [7, 11) is 0. The fourth-order valence-electron chi connectivity index (χ4n) is 2.31. The molecule has 0 atom stereocenters. The van der Waals surface area contributed by atoms with E-state index < -0.39 is 17.3 Å². The van der Waals surface area contributed by atoms with E-state index in [0.29, 0.717) is 30.0 Å². The first-order valence-electron chi connectivity index (χ1n) is 12.8. The molecule has 2 N–H and O–H groups in total. The summed E-state index contributed by atoms with van der Waals surface area (Å²) in [5.41, 5.74) is 0.401. The number of alkyl carbamates (subject to hydrolysis) is 2. The van der Waals surface area contributed by atoms with Crippen molar-refractivity contribution in [2.24, 2.45) is 0 Å². The third kappa shape index (κ3) is 31.4. The van der Waals surface area contributed by atoms with Gasteiger partial charge >= 0.3 is 41.7 Å². The predicted octanol–water partition coefficient (Wildman–Crippen LogP) is 2.19. The first-order chi connectivity index (χ1) is 20.1. The molecule has 2 amide bonds. The maximum atomic E-state index is 11.7. The summed E-state index contributed by atoms with van der Waals surface area (Å²) < 4.78 is 10.1. The van der Waals surface area contributed by atoms with E-state index in [0.717, 1.165) is 5.33 Å². The molecule has 2 rings (SSSR count). The first kappa shape index (κ1) is 46.3. The second kappa shape index (κ2) is 27.3. The van der Waals surface area contributed by atoms with Gasteiger partial charge in [0.2, 0.25) is 10.2 Å². The molecule has 0 heterocycles. The maximum Gasteiger partial charge on any atom is 1.00 e. The largest absolute Gasteiger partial charge is 1.00 e. The van der Waals surface area contributed by atoms with Crippen LogP contribution >= 0.6 is 40.3 Å². The molecule has 0 aliphatic heterocycles. The van der Waals surface area contributed by atoms with E-state index in [1.807, 2.05) is 57.2 Å². The van der Waals surface area contributed by atoms with Gasteiger partial charge in [0.1, 0.15) is 11.2 Å². The number of carbonyl (C=O) groups is 5. The van der Waals surface area contributed by atoms with Gasteiger partial charge in [-0.25, -0.2) is 9.59 Å². The Morgan fingerprint density at radius 2 is 1.20 bits per heavy atom. The van der Waals surface area contributed by atoms with Crippen molar-refractivity contribution in [3.8, 4) is 0 Å². The average Bonchev–Trinajstić information content (AvgIpc) is 2.94. The van der Waals surface area contributed by atoms with Crippen LogP contribution in [0.15, 0.2) is 60.7 Å². The van der Waals surface area contributed by atoms with Crippen molar-refractivity contribution >= 4 is 69.2 Å². The Hall–Kier alpha value is -2.07. The van der Waals surface area contributed by atoms with Gasteiger partial charge in [0.15, 0.2) is 0 Å². The standard InChI is InChI=1S/C14H19NO3S.C7H14BrNO2.C7H6OS.CH2O3.Na/c1-14(2,3)18-13(17)15-9-10-19-12(16)11-7-5-4-6-8-11;1-7(2,3)11-6(10)9-5-4-8;8-7(9)6-4-2-1-3-5-6;2-1-4-3;/h4-8H,9-10H2,1-3H3,(H,15,17);4-5H2,1-3H3,(H,9,10);1-5H,(H,8,9);1,3H;/q;;;;+1/p-1. The quantitative estimate of drug-likeness (QED) is 0.0700. The zero-order valence-electron chi connectivity index (χ0n) is 26.1. The van der Waals surface area contributed by atoms with Crippen LogP contribution in [0.4, 0.5) is 9.59 Å². The summed E-state index contributed by atoms with van der Waals surface area (Å²) in [5.74, 6) is 0.521. The van der Waals surface area contributed by atoms with Crippen LogP contribution in [-0.2, 0) is 19.2 Å². The van der Waals surface area contributed by atoms with Gasteiger partial charge in [-0.2, -0.15) is 0 Å². The van der Waals surface area contributed by atoms with Gasteiger partial charge in [0.25, 0.3) is 6.47 Å². The zero-order valence-corrected chi connectivity index (χ0v) is 31.4. The number of benzene rings is 2. The number of thioether (sulfide) groups is 1. The first-order valence-corrected chi connectivity index (χ1v) is 15.3. The van der Waals surface area contributed by atoms with E-state index in [1.165, 1.54) is 11.8 Å². The number of ether oxygens (including phenoxy) is 2. The Morgan fingerprint density at radius 3 is 1.52 bits per heavy atom. The summed E-state index contributed by atoms with van der Waals surface area (Å²) in [6.45, 7) is 11.7. The Kier molecular flexibility index (Phi) is 28.7. The normalized spacial score (nSPS) is 9.75. The maximum absolute atomic E-state index is 11.7. The van der Waals surface area contributed by atoms with Crippen molar-refractivity contribution in [1.29, 1.82) is 0 Å². The summed E-state index contributed by atoms with van der Waals surface area (Å²) in [5, 5.41) is 14.2. The van der Waals surface area contributed by atoms with Gasteiger partial charge in [-0.1, -0.05) is 88.4 Å². The molecular weight excluding hydrogens is 687 g/mol. The van der Waals surface area contributed by atoms with Crippen LogP contribution in [0, 0.1) is 0 Å². The summed E-state index contributed by atoms with van der Waals surface area (Å²) in [6.07, 6.45) is -0.822. The minimum atomic E-state index is -0.503. The van der Waals surface area contributed by atoms with E-state index >= 15 is 0 Å². The van der Waals surface area contributed by atoms with Gasteiger partial charge in [-0.15, -0.1) is 12.6 Å². The summed E-state index contributed by atoms with van der Waals surface area (Å²) >= 11 is 8.02. The van der Waals surface area contributed by atoms with Crippen LogP contribution in [0.25, 0.3) is 0 Å². The number of carbonyl (C=O) groups excluding carboxylic acids is 5. The molecule has 0 bridgehead atoms. The molecule has 11 nitrogen and oxygen atoms in total. The molecule has 0 radical (unpaired) electrons. The molecule has 240 valence electrons. The number of hydrogen-bond donors (Lipinski definition) is 3. The van der Waals surface area contributed by atoms with E-state index in [1.54, 1.807) is 45.0 Å². The van der Waals surface area contributed by atoms with Crippen LogP contribution in [0.3, 0.4) is 0 Å². The minimum absolute atomic E-state index is 0. The fraction of sp³-hybridized carbons (Fsp3) is 0.414. The molecule has 0 saturated heterocycles. The summed E-state index contributed by atoms with van der Waals surface area (Å²) in [6, 6.07) is 18.0. The predicted molar refractivity (Wildman–Crippen MR) is 172 cm³/mol. The third-order valence-corrected chi connectivity index (χ3v) is 5.40. The van der Waals surface area contributed by atoms with Crippen LogP contribution in [0.5, 0.6) is 0 Å². The van der Waals surface area contributed by atoms with Gasteiger partial charge in [0.05, 0.1) is 0 Å². The van der Waals surface area contributed by atoms with Gasteiger partial charge in [-0.05, 0) is 41.5 Å². The Balaban J connectivity index is -0.000000572. The van der Waals surface area contributed by atoms with E-state index in [4.69, 9.17) is 19.5 Å². The van der Waals surface area contributed by atoms with Gasteiger partial charge in [0, 0.05) is 35.3 Å². The third-order valence-electron chi connectivity index (χ3n) is 3.84. The molecule has 0 aliphatic carbocycles. The van der Waals surface area contributed by atoms with Crippen molar-refractivity contribution in [2.75, 3.05) is 24.2 Å². The smallest absolute Gasteiger partial charge is 0.662 e. The molecule has 0 saturated carbocycles. The van der Waals surface area contributed by atoms with E-state index in [9.17, 15) is 19.2 Å². The number of rotatable bonds is 8. The SMILES string of the molecule is CC(C)(C)OC(=O)NCCBr.CC(C)(C)OC(=O)NCCSC(=O)c1ccccc1.O=C(S)c1ccccc1.O=CO[O-].[Na+]. The number of thiol groups is 1. The minimum Gasteiger partial charge on any atom is -0.662 e. The van der Waals surface area contributed by atoms with Crippen LogP contribution in [0.2, 0.25) is 0 Å². The number of amides is 2.